The summed E-state index contributed by atoms with van der Waals surface area (Å²) in [5, 5.41) is 0.468. The topological polar surface area (TPSA) is 55.4 Å². The molecule has 0 bridgehead atoms. The van der Waals surface area contributed by atoms with Gasteiger partial charge in [-0.15, -0.1) is 0 Å². The van der Waals surface area contributed by atoms with E-state index < -0.39 is 10.0 Å². The maximum atomic E-state index is 11.2. The molecule has 16 heavy (non-hydrogen) atoms. The molecule has 0 saturated heterocycles. The molecule has 4 nitrogen and oxygen atoms in total. The van der Waals surface area contributed by atoms with Crippen LogP contribution in [0.25, 0.3) is 0 Å². The van der Waals surface area contributed by atoms with Crippen LogP contribution in [0.5, 0.6) is 5.75 Å². The normalized spacial score (nSPS) is 11.4. The molecule has 90 valence electrons. The van der Waals surface area contributed by atoms with Crippen molar-refractivity contribution >= 4 is 21.6 Å². The van der Waals surface area contributed by atoms with Crippen LogP contribution >= 0.6 is 11.6 Å². The molecule has 0 radical (unpaired) electrons. The SMILES string of the molecule is CCS(=O)(=O)NCc1ccc(OC)c(Cl)c1. The van der Waals surface area contributed by atoms with Crippen LogP contribution in [0, 0.1) is 0 Å². The second-order valence-electron chi connectivity index (χ2n) is 3.19. The molecule has 0 heterocycles. The second-order valence-corrected chi connectivity index (χ2v) is 5.70. The number of halogens is 1. The van der Waals surface area contributed by atoms with Crippen molar-refractivity contribution in [2.45, 2.75) is 13.5 Å². The molecule has 0 saturated carbocycles. The summed E-state index contributed by atoms with van der Waals surface area (Å²) in [5.74, 6) is 0.639. The van der Waals surface area contributed by atoms with Gasteiger partial charge in [-0.3, -0.25) is 0 Å². The van der Waals surface area contributed by atoms with Crippen molar-refractivity contribution in [3.8, 4) is 5.75 Å². The molecule has 0 amide bonds. The predicted octanol–water partition coefficient (Wildman–Crippen LogP) is 1.79. The minimum atomic E-state index is -3.17. The van der Waals surface area contributed by atoms with Crippen molar-refractivity contribution in [2.24, 2.45) is 0 Å². The first kappa shape index (κ1) is 13.3. The van der Waals surface area contributed by atoms with Gasteiger partial charge >= 0.3 is 0 Å². The molecule has 1 aromatic carbocycles. The van der Waals surface area contributed by atoms with Crippen LogP contribution in [0.1, 0.15) is 12.5 Å². The Kier molecular flexibility index (Phi) is 4.58. The van der Waals surface area contributed by atoms with Crippen molar-refractivity contribution in [3.05, 3.63) is 28.8 Å². The third kappa shape index (κ3) is 3.66. The van der Waals surface area contributed by atoms with E-state index in [1.807, 2.05) is 0 Å². The smallest absolute Gasteiger partial charge is 0.211 e. The molecule has 6 heteroatoms. The Morgan fingerprint density at radius 1 is 1.44 bits per heavy atom. The lowest BCUT2D eigenvalue weighted by Gasteiger charge is -2.07. The Bertz CT molecular complexity index is 459. The number of hydrogen-bond acceptors (Lipinski definition) is 3. The Hall–Kier alpha value is -0.780. The fraction of sp³-hybridized carbons (Fsp3) is 0.400. The van der Waals surface area contributed by atoms with E-state index in [0.29, 0.717) is 10.8 Å². The number of rotatable bonds is 5. The van der Waals surface area contributed by atoms with Gasteiger partial charge in [-0.1, -0.05) is 17.7 Å². The van der Waals surface area contributed by atoms with Gasteiger partial charge in [0.05, 0.1) is 17.9 Å². The highest BCUT2D eigenvalue weighted by atomic mass is 35.5. The van der Waals surface area contributed by atoms with Gasteiger partial charge in [-0.25, -0.2) is 13.1 Å². The zero-order valence-electron chi connectivity index (χ0n) is 9.16. The van der Waals surface area contributed by atoms with Crippen LogP contribution in [-0.4, -0.2) is 21.3 Å². The van der Waals surface area contributed by atoms with Crippen LogP contribution in [0.3, 0.4) is 0 Å². The van der Waals surface area contributed by atoms with E-state index in [2.05, 4.69) is 4.72 Å². The molecule has 0 spiro atoms. The van der Waals surface area contributed by atoms with Crippen LogP contribution in [-0.2, 0) is 16.6 Å². The summed E-state index contributed by atoms with van der Waals surface area (Å²) in [6.45, 7) is 1.82. The zero-order chi connectivity index (χ0) is 12.2. The van der Waals surface area contributed by atoms with Gasteiger partial charge in [0.1, 0.15) is 5.75 Å². The van der Waals surface area contributed by atoms with E-state index in [1.54, 1.807) is 25.1 Å². The molecular weight excluding hydrogens is 250 g/mol. The predicted molar refractivity (Wildman–Crippen MR) is 64.3 cm³/mol. The van der Waals surface area contributed by atoms with Crippen molar-refractivity contribution < 1.29 is 13.2 Å². The lowest BCUT2D eigenvalue weighted by Crippen LogP contribution is -2.24. The molecule has 0 aliphatic carbocycles. The summed E-state index contributed by atoms with van der Waals surface area (Å²) in [7, 11) is -1.64. The Labute approximate surface area is 101 Å². The molecular formula is C10H14ClNO3S. The molecule has 0 aromatic heterocycles. The largest absolute Gasteiger partial charge is 0.495 e. The number of methoxy groups -OCH3 is 1. The average Bonchev–Trinajstić information content (AvgIpc) is 2.27. The van der Waals surface area contributed by atoms with Gasteiger partial charge in [0.2, 0.25) is 10.0 Å². The highest BCUT2D eigenvalue weighted by Gasteiger charge is 2.07. The minimum absolute atomic E-state index is 0.0664. The summed E-state index contributed by atoms with van der Waals surface area (Å²) >= 11 is 5.91. The fourth-order valence-electron chi connectivity index (χ4n) is 1.12. The van der Waals surface area contributed by atoms with Gasteiger partial charge in [-0.05, 0) is 24.6 Å². The van der Waals surface area contributed by atoms with Gasteiger partial charge in [-0.2, -0.15) is 0 Å². The highest BCUT2D eigenvalue weighted by molar-refractivity contribution is 7.89. The zero-order valence-corrected chi connectivity index (χ0v) is 10.7. The third-order valence-corrected chi connectivity index (χ3v) is 3.73. The fourth-order valence-corrected chi connectivity index (χ4v) is 1.99. The van der Waals surface area contributed by atoms with Crippen LogP contribution in [0.15, 0.2) is 18.2 Å². The molecule has 0 aliphatic rings. The number of hydrogen-bond donors (Lipinski definition) is 1. The summed E-state index contributed by atoms with van der Waals surface area (Å²) in [5.41, 5.74) is 0.794. The second kappa shape index (κ2) is 5.52. The Balaban J connectivity index is 2.73. The van der Waals surface area contributed by atoms with Crippen molar-refractivity contribution in [1.29, 1.82) is 0 Å². The maximum Gasteiger partial charge on any atom is 0.211 e. The van der Waals surface area contributed by atoms with Gasteiger partial charge < -0.3 is 4.74 Å². The number of sulfonamides is 1. The van der Waals surface area contributed by atoms with Crippen LogP contribution in [0.2, 0.25) is 5.02 Å². The molecule has 0 fully saturated rings. The number of benzene rings is 1. The lowest BCUT2D eigenvalue weighted by atomic mass is 10.2. The van der Waals surface area contributed by atoms with E-state index in [-0.39, 0.29) is 12.3 Å². The minimum Gasteiger partial charge on any atom is -0.495 e. The Morgan fingerprint density at radius 2 is 2.12 bits per heavy atom. The summed E-state index contributed by atoms with van der Waals surface area (Å²) in [6.07, 6.45) is 0. The standard InChI is InChI=1S/C10H14ClNO3S/c1-3-16(13,14)12-7-8-4-5-10(15-2)9(11)6-8/h4-6,12H,3,7H2,1-2H3. The third-order valence-electron chi connectivity index (χ3n) is 2.09. The monoisotopic (exact) mass is 263 g/mol. The lowest BCUT2D eigenvalue weighted by molar-refractivity contribution is 0.415. The number of ether oxygens (including phenoxy) is 1. The highest BCUT2D eigenvalue weighted by Crippen LogP contribution is 2.24. The molecule has 1 aromatic rings. The molecule has 0 atom stereocenters. The van der Waals surface area contributed by atoms with Crippen LogP contribution < -0.4 is 9.46 Å². The summed E-state index contributed by atoms with van der Waals surface area (Å²) in [6, 6.07) is 5.15. The molecule has 0 unspecified atom stereocenters. The van der Waals surface area contributed by atoms with Crippen molar-refractivity contribution in [3.63, 3.8) is 0 Å². The van der Waals surface area contributed by atoms with E-state index in [4.69, 9.17) is 16.3 Å². The average molecular weight is 264 g/mol. The van der Waals surface area contributed by atoms with Crippen molar-refractivity contribution in [2.75, 3.05) is 12.9 Å². The first-order valence-corrected chi connectivity index (χ1v) is 6.81. The van der Waals surface area contributed by atoms with E-state index in [1.165, 1.54) is 7.11 Å². The molecule has 1 rings (SSSR count). The number of nitrogens with one attached hydrogen (secondary N) is 1. The quantitative estimate of drug-likeness (QED) is 0.881. The van der Waals surface area contributed by atoms with Gasteiger partial charge in [0, 0.05) is 6.54 Å². The maximum absolute atomic E-state index is 11.2. The van der Waals surface area contributed by atoms with E-state index in [0.717, 1.165) is 5.56 Å². The first-order valence-electron chi connectivity index (χ1n) is 4.78. The van der Waals surface area contributed by atoms with Crippen molar-refractivity contribution in [1.82, 2.24) is 4.72 Å². The van der Waals surface area contributed by atoms with E-state index >= 15 is 0 Å². The summed E-state index contributed by atoms with van der Waals surface area (Å²) in [4.78, 5) is 0. The molecule has 0 aliphatic heterocycles. The van der Waals surface area contributed by atoms with Gasteiger partial charge in [0.25, 0.3) is 0 Å². The Morgan fingerprint density at radius 3 is 2.62 bits per heavy atom. The first-order chi connectivity index (χ1) is 7.48. The van der Waals surface area contributed by atoms with Gasteiger partial charge in [0.15, 0.2) is 0 Å². The van der Waals surface area contributed by atoms with E-state index in [9.17, 15) is 8.42 Å². The molecule has 1 N–H and O–H groups in total. The summed E-state index contributed by atoms with van der Waals surface area (Å²) < 4.78 is 29.9. The van der Waals surface area contributed by atoms with Crippen LogP contribution in [0.4, 0.5) is 0 Å².